The number of thiophene rings is 1. The van der Waals surface area contributed by atoms with Crippen LogP contribution in [0.25, 0.3) is 10.1 Å². The van der Waals surface area contributed by atoms with E-state index in [9.17, 15) is 4.79 Å². The maximum Gasteiger partial charge on any atom is 0.263 e. The van der Waals surface area contributed by atoms with Gasteiger partial charge in [-0.2, -0.15) is 0 Å². The van der Waals surface area contributed by atoms with Gasteiger partial charge in [-0.15, -0.1) is 11.3 Å². The van der Waals surface area contributed by atoms with Gasteiger partial charge in [0.25, 0.3) is 5.91 Å². The molecule has 1 unspecified atom stereocenters. The summed E-state index contributed by atoms with van der Waals surface area (Å²) in [5, 5.41) is 4.03. The summed E-state index contributed by atoms with van der Waals surface area (Å²) in [5.41, 5.74) is 6.70. The molecule has 1 heterocycles. The highest BCUT2D eigenvalue weighted by atomic mass is 79.9. The fourth-order valence-electron chi connectivity index (χ4n) is 2.24. The second kappa shape index (κ2) is 6.59. The van der Waals surface area contributed by atoms with Gasteiger partial charge in [-0.3, -0.25) is 4.79 Å². The van der Waals surface area contributed by atoms with Crippen LogP contribution in [-0.4, -0.2) is 11.9 Å². The van der Waals surface area contributed by atoms with Gasteiger partial charge in [0.05, 0.1) is 5.69 Å². The summed E-state index contributed by atoms with van der Waals surface area (Å²) in [6, 6.07) is 6.12. The fourth-order valence-corrected chi connectivity index (χ4v) is 3.81. The standard InChI is InChI=1S/C15H19BrN2OS/c1-3-5-10(4-2)18-15(19)14-13(17)11-7-6-9(16)8-12(11)20-14/h6-8,10H,3-5,17H2,1-2H3,(H,18,19). The van der Waals surface area contributed by atoms with Crippen LogP contribution in [0.5, 0.6) is 0 Å². The molecule has 20 heavy (non-hydrogen) atoms. The van der Waals surface area contributed by atoms with Crippen LogP contribution in [0.3, 0.4) is 0 Å². The van der Waals surface area contributed by atoms with Crippen molar-refractivity contribution in [3.05, 3.63) is 27.5 Å². The molecule has 0 saturated heterocycles. The van der Waals surface area contributed by atoms with Crippen molar-refractivity contribution < 1.29 is 4.79 Å². The normalized spacial score (nSPS) is 12.6. The van der Waals surface area contributed by atoms with E-state index in [-0.39, 0.29) is 11.9 Å². The summed E-state index contributed by atoms with van der Waals surface area (Å²) in [5.74, 6) is -0.0554. The highest BCUT2D eigenvalue weighted by Crippen LogP contribution is 2.35. The Morgan fingerprint density at radius 1 is 1.45 bits per heavy atom. The van der Waals surface area contributed by atoms with Gasteiger partial charge in [0.15, 0.2) is 0 Å². The minimum absolute atomic E-state index is 0.0554. The van der Waals surface area contributed by atoms with E-state index in [0.29, 0.717) is 10.6 Å². The van der Waals surface area contributed by atoms with Crippen molar-refractivity contribution in [3.63, 3.8) is 0 Å². The highest BCUT2D eigenvalue weighted by Gasteiger charge is 2.18. The van der Waals surface area contributed by atoms with Gasteiger partial charge in [-0.05, 0) is 25.0 Å². The molecule has 3 N–H and O–H groups in total. The predicted molar refractivity (Wildman–Crippen MR) is 90.4 cm³/mol. The maximum atomic E-state index is 12.4. The molecule has 5 heteroatoms. The number of hydrogen-bond donors (Lipinski definition) is 2. The third-order valence-corrected chi connectivity index (χ3v) is 5.02. The number of hydrogen-bond acceptors (Lipinski definition) is 3. The first-order valence-electron chi connectivity index (χ1n) is 6.85. The average Bonchev–Trinajstić information content (AvgIpc) is 2.74. The fraction of sp³-hybridized carbons (Fsp3) is 0.400. The van der Waals surface area contributed by atoms with E-state index in [2.05, 4.69) is 35.1 Å². The molecule has 0 spiro atoms. The number of anilines is 1. The summed E-state index contributed by atoms with van der Waals surface area (Å²) in [7, 11) is 0. The van der Waals surface area contributed by atoms with Crippen LogP contribution in [-0.2, 0) is 0 Å². The number of nitrogens with one attached hydrogen (secondary N) is 1. The molecular weight excluding hydrogens is 336 g/mol. The Labute approximate surface area is 131 Å². The zero-order valence-electron chi connectivity index (χ0n) is 11.7. The van der Waals surface area contributed by atoms with Crippen molar-refractivity contribution in [1.82, 2.24) is 5.32 Å². The lowest BCUT2D eigenvalue weighted by molar-refractivity contribution is 0.0938. The molecule has 0 radical (unpaired) electrons. The van der Waals surface area contributed by atoms with E-state index in [1.54, 1.807) is 0 Å². The van der Waals surface area contributed by atoms with Crippen LogP contribution in [0, 0.1) is 0 Å². The number of carbonyl (C=O) groups excluding carboxylic acids is 1. The van der Waals surface area contributed by atoms with Crippen molar-refractivity contribution in [3.8, 4) is 0 Å². The van der Waals surface area contributed by atoms with E-state index < -0.39 is 0 Å². The van der Waals surface area contributed by atoms with Crippen LogP contribution in [0.1, 0.15) is 42.8 Å². The van der Waals surface area contributed by atoms with Crippen LogP contribution < -0.4 is 11.1 Å². The van der Waals surface area contributed by atoms with Crippen molar-refractivity contribution in [2.24, 2.45) is 0 Å². The van der Waals surface area contributed by atoms with Gasteiger partial charge >= 0.3 is 0 Å². The quantitative estimate of drug-likeness (QED) is 0.826. The molecular formula is C15H19BrN2OS. The van der Waals surface area contributed by atoms with Crippen LogP contribution in [0.2, 0.25) is 0 Å². The van der Waals surface area contributed by atoms with Crippen LogP contribution in [0.4, 0.5) is 5.69 Å². The smallest absolute Gasteiger partial charge is 0.263 e. The first-order valence-corrected chi connectivity index (χ1v) is 8.46. The zero-order chi connectivity index (χ0) is 14.7. The predicted octanol–water partition coefficient (Wildman–Crippen LogP) is 4.55. The summed E-state index contributed by atoms with van der Waals surface area (Å²) < 4.78 is 2.03. The average molecular weight is 355 g/mol. The Kier molecular flexibility index (Phi) is 5.05. The second-order valence-electron chi connectivity index (χ2n) is 4.85. The van der Waals surface area contributed by atoms with Crippen LogP contribution >= 0.6 is 27.3 Å². The number of amides is 1. The summed E-state index contributed by atoms with van der Waals surface area (Å²) in [6.07, 6.45) is 3.00. The molecule has 2 rings (SSSR count). The molecule has 0 bridgehead atoms. The lowest BCUT2D eigenvalue weighted by Gasteiger charge is -2.15. The van der Waals surface area contributed by atoms with E-state index in [1.807, 2.05) is 18.2 Å². The molecule has 108 valence electrons. The molecule has 0 saturated carbocycles. The van der Waals surface area contributed by atoms with Gasteiger partial charge in [-0.25, -0.2) is 0 Å². The number of nitrogen functional groups attached to an aromatic ring is 1. The number of halogens is 1. The Balaban J connectivity index is 2.28. The second-order valence-corrected chi connectivity index (χ2v) is 6.82. The third kappa shape index (κ3) is 3.15. The third-order valence-electron chi connectivity index (χ3n) is 3.36. The topological polar surface area (TPSA) is 55.1 Å². The molecule has 0 aliphatic carbocycles. The minimum Gasteiger partial charge on any atom is -0.397 e. The minimum atomic E-state index is -0.0554. The SMILES string of the molecule is CCCC(CC)NC(=O)c1sc2cc(Br)ccc2c1N. The lowest BCUT2D eigenvalue weighted by atomic mass is 10.1. The highest BCUT2D eigenvalue weighted by molar-refractivity contribution is 9.10. The van der Waals surface area contributed by atoms with Gasteiger partial charge in [0, 0.05) is 20.6 Å². The number of rotatable bonds is 5. The Morgan fingerprint density at radius 2 is 2.20 bits per heavy atom. The van der Waals surface area contributed by atoms with Crippen LogP contribution in [0.15, 0.2) is 22.7 Å². The monoisotopic (exact) mass is 354 g/mol. The van der Waals surface area contributed by atoms with Crippen molar-refractivity contribution in [2.75, 3.05) is 5.73 Å². The van der Waals surface area contributed by atoms with Gasteiger partial charge in [-0.1, -0.05) is 42.3 Å². The number of benzene rings is 1. The largest absolute Gasteiger partial charge is 0.397 e. The zero-order valence-corrected chi connectivity index (χ0v) is 14.1. The Morgan fingerprint density at radius 3 is 2.85 bits per heavy atom. The van der Waals surface area contributed by atoms with E-state index >= 15 is 0 Å². The van der Waals surface area contributed by atoms with Crippen molar-refractivity contribution in [2.45, 2.75) is 39.2 Å². The number of fused-ring (bicyclic) bond motifs is 1. The first kappa shape index (κ1) is 15.3. The number of nitrogens with two attached hydrogens (primary N) is 1. The van der Waals surface area contributed by atoms with Gasteiger partial charge < -0.3 is 11.1 Å². The summed E-state index contributed by atoms with van der Waals surface area (Å²) in [4.78, 5) is 13.0. The molecule has 3 nitrogen and oxygen atoms in total. The molecule has 1 atom stereocenters. The van der Waals surface area contributed by atoms with Gasteiger partial charge in [0.2, 0.25) is 0 Å². The molecule has 1 aromatic carbocycles. The number of carbonyl (C=O) groups is 1. The first-order chi connectivity index (χ1) is 9.56. The van der Waals surface area contributed by atoms with Crippen molar-refractivity contribution in [1.29, 1.82) is 0 Å². The summed E-state index contributed by atoms with van der Waals surface area (Å²) in [6.45, 7) is 4.21. The molecule has 1 amide bonds. The lowest BCUT2D eigenvalue weighted by Crippen LogP contribution is -2.34. The van der Waals surface area contributed by atoms with Crippen molar-refractivity contribution >= 4 is 48.9 Å². The van der Waals surface area contributed by atoms with E-state index in [1.165, 1.54) is 11.3 Å². The molecule has 2 aromatic rings. The van der Waals surface area contributed by atoms with E-state index in [0.717, 1.165) is 33.8 Å². The summed E-state index contributed by atoms with van der Waals surface area (Å²) >= 11 is 4.89. The molecule has 0 aliphatic rings. The Bertz CT molecular complexity index is 624. The molecule has 1 aromatic heterocycles. The maximum absolute atomic E-state index is 12.4. The Hall–Kier alpha value is -1.07. The molecule has 0 fully saturated rings. The van der Waals surface area contributed by atoms with E-state index in [4.69, 9.17) is 5.73 Å². The van der Waals surface area contributed by atoms with Gasteiger partial charge in [0.1, 0.15) is 4.88 Å². The molecule has 0 aliphatic heterocycles.